The van der Waals surface area contributed by atoms with Crippen LogP contribution in [0.15, 0.2) is 34.2 Å². The number of hydrogen-bond donors (Lipinski definition) is 2. The minimum absolute atomic E-state index is 0. The van der Waals surface area contributed by atoms with Crippen LogP contribution in [-0.2, 0) is 13.6 Å². The molecule has 0 fully saturated rings. The lowest BCUT2D eigenvalue weighted by Crippen LogP contribution is -2.38. The largest absolute Gasteiger partial charge is 0.356 e. The molecule has 7 heteroatoms. The molecule has 2 aromatic rings. The van der Waals surface area contributed by atoms with Crippen molar-refractivity contribution < 1.29 is 0 Å². The van der Waals surface area contributed by atoms with Crippen molar-refractivity contribution in [3.8, 4) is 0 Å². The SMILES string of the molecule is CN=C(NCc1cnn(C)c1)NCC(C)c1ccsc1.I. The second-order valence-corrected chi connectivity index (χ2v) is 5.57. The Bertz CT molecular complexity index is 549. The van der Waals surface area contributed by atoms with Gasteiger partial charge >= 0.3 is 0 Å². The third-order valence-electron chi connectivity index (χ3n) is 3.13. The number of aliphatic imine (C=N–C) groups is 1. The van der Waals surface area contributed by atoms with Gasteiger partial charge in [-0.05, 0) is 28.3 Å². The lowest BCUT2D eigenvalue weighted by atomic mass is 10.1. The predicted molar refractivity (Wildman–Crippen MR) is 99.6 cm³/mol. The van der Waals surface area contributed by atoms with E-state index in [2.05, 4.69) is 44.5 Å². The summed E-state index contributed by atoms with van der Waals surface area (Å²) >= 11 is 1.73. The number of guanidine groups is 1. The maximum Gasteiger partial charge on any atom is 0.191 e. The zero-order valence-electron chi connectivity index (χ0n) is 12.5. The van der Waals surface area contributed by atoms with Gasteiger partial charge in [-0.3, -0.25) is 9.67 Å². The molecule has 0 saturated heterocycles. The average molecular weight is 419 g/mol. The van der Waals surface area contributed by atoms with Gasteiger partial charge in [-0.25, -0.2) is 0 Å². The van der Waals surface area contributed by atoms with Gasteiger partial charge in [-0.15, -0.1) is 24.0 Å². The summed E-state index contributed by atoms with van der Waals surface area (Å²) in [5, 5.41) is 15.1. The Labute approximate surface area is 146 Å². The summed E-state index contributed by atoms with van der Waals surface area (Å²) in [6, 6.07) is 2.17. The lowest BCUT2D eigenvalue weighted by molar-refractivity contribution is 0.700. The predicted octanol–water partition coefficient (Wildman–Crippen LogP) is 2.57. The molecule has 2 aromatic heterocycles. The summed E-state index contributed by atoms with van der Waals surface area (Å²) in [6.45, 7) is 3.80. The first-order valence-electron chi connectivity index (χ1n) is 6.63. The van der Waals surface area contributed by atoms with Crippen LogP contribution in [0.25, 0.3) is 0 Å². The second kappa shape index (κ2) is 9.04. The summed E-state index contributed by atoms with van der Waals surface area (Å²) in [4.78, 5) is 4.23. The molecular weight excluding hydrogens is 397 g/mol. The van der Waals surface area contributed by atoms with Crippen molar-refractivity contribution in [1.29, 1.82) is 0 Å². The van der Waals surface area contributed by atoms with Crippen molar-refractivity contribution in [3.05, 3.63) is 40.3 Å². The normalized spacial score (nSPS) is 12.6. The molecule has 0 saturated carbocycles. The molecule has 2 N–H and O–H groups in total. The minimum atomic E-state index is 0. The van der Waals surface area contributed by atoms with Crippen LogP contribution >= 0.6 is 35.3 Å². The fraction of sp³-hybridized carbons (Fsp3) is 0.429. The van der Waals surface area contributed by atoms with Crippen molar-refractivity contribution in [1.82, 2.24) is 20.4 Å². The van der Waals surface area contributed by atoms with Gasteiger partial charge in [0.05, 0.1) is 6.20 Å². The van der Waals surface area contributed by atoms with E-state index in [0.717, 1.165) is 24.6 Å². The lowest BCUT2D eigenvalue weighted by Gasteiger charge is -2.15. The monoisotopic (exact) mass is 419 g/mol. The highest BCUT2D eigenvalue weighted by atomic mass is 127. The third-order valence-corrected chi connectivity index (χ3v) is 3.83. The van der Waals surface area contributed by atoms with Crippen LogP contribution in [0, 0.1) is 0 Å². The molecule has 116 valence electrons. The molecule has 21 heavy (non-hydrogen) atoms. The number of hydrogen-bond acceptors (Lipinski definition) is 3. The van der Waals surface area contributed by atoms with Crippen molar-refractivity contribution in [2.24, 2.45) is 12.0 Å². The Balaban J connectivity index is 0.00000220. The van der Waals surface area contributed by atoms with Crippen LogP contribution in [0.5, 0.6) is 0 Å². The van der Waals surface area contributed by atoms with Gasteiger partial charge in [-0.2, -0.15) is 16.4 Å². The van der Waals surface area contributed by atoms with E-state index in [1.54, 1.807) is 23.1 Å². The van der Waals surface area contributed by atoms with Crippen LogP contribution in [0.3, 0.4) is 0 Å². The standard InChI is InChI=1S/C14H21N5S.HI/c1-11(13-4-5-20-10-13)6-16-14(15-2)17-7-12-8-18-19(3)9-12;/h4-5,8-11H,6-7H2,1-3H3,(H2,15,16,17);1H. The molecule has 0 spiro atoms. The number of rotatable bonds is 5. The Morgan fingerprint density at radius 3 is 2.86 bits per heavy atom. The van der Waals surface area contributed by atoms with Gasteiger partial charge < -0.3 is 10.6 Å². The van der Waals surface area contributed by atoms with Crippen molar-refractivity contribution in [3.63, 3.8) is 0 Å². The number of nitrogens with zero attached hydrogens (tertiary/aromatic N) is 3. The molecule has 0 aliphatic rings. The summed E-state index contributed by atoms with van der Waals surface area (Å²) in [5.41, 5.74) is 2.51. The van der Waals surface area contributed by atoms with Gasteiger partial charge in [0.15, 0.2) is 5.96 Å². The number of halogens is 1. The van der Waals surface area contributed by atoms with E-state index in [1.807, 2.05) is 19.4 Å². The van der Waals surface area contributed by atoms with E-state index in [9.17, 15) is 0 Å². The maximum absolute atomic E-state index is 4.23. The van der Waals surface area contributed by atoms with E-state index in [-0.39, 0.29) is 24.0 Å². The Kier molecular flexibility index (Phi) is 7.73. The maximum atomic E-state index is 4.23. The van der Waals surface area contributed by atoms with Gasteiger partial charge in [-0.1, -0.05) is 6.92 Å². The Morgan fingerprint density at radius 1 is 1.48 bits per heavy atom. The van der Waals surface area contributed by atoms with E-state index in [1.165, 1.54) is 5.56 Å². The van der Waals surface area contributed by atoms with E-state index >= 15 is 0 Å². The van der Waals surface area contributed by atoms with Crippen molar-refractivity contribution >= 4 is 41.3 Å². The topological polar surface area (TPSA) is 54.2 Å². The smallest absolute Gasteiger partial charge is 0.191 e. The second-order valence-electron chi connectivity index (χ2n) is 4.79. The molecule has 5 nitrogen and oxygen atoms in total. The molecule has 0 bridgehead atoms. The zero-order chi connectivity index (χ0) is 14.4. The molecule has 0 amide bonds. The van der Waals surface area contributed by atoms with Crippen molar-refractivity contribution in [2.75, 3.05) is 13.6 Å². The minimum Gasteiger partial charge on any atom is -0.356 e. The summed E-state index contributed by atoms with van der Waals surface area (Å²) in [7, 11) is 3.70. The number of thiophene rings is 1. The summed E-state index contributed by atoms with van der Waals surface area (Å²) in [5.74, 6) is 1.29. The Hall–Kier alpha value is -1.09. The zero-order valence-corrected chi connectivity index (χ0v) is 15.7. The highest BCUT2D eigenvalue weighted by Crippen LogP contribution is 2.16. The molecule has 0 radical (unpaired) electrons. The average Bonchev–Trinajstić information content (AvgIpc) is 3.10. The number of nitrogens with one attached hydrogen (secondary N) is 2. The van der Waals surface area contributed by atoms with Gasteiger partial charge in [0.25, 0.3) is 0 Å². The highest BCUT2D eigenvalue weighted by molar-refractivity contribution is 14.0. The molecule has 1 atom stereocenters. The van der Waals surface area contributed by atoms with Gasteiger partial charge in [0.2, 0.25) is 0 Å². The fourth-order valence-electron chi connectivity index (χ4n) is 1.89. The fourth-order valence-corrected chi connectivity index (χ4v) is 2.67. The molecule has 2 heterocycles. The molecule has 0 aliphatic heterocycles. The van der Waals surface area contributed by atoms with Crippen LogP contribution in [0.2, 0.25) is 0 Å². The van der Waals surface area contributed by atoms with Gasteiger partial charge in [0, 0.05) is 38.9 Å². The van der Waals surface area contributed by atoms with Crippen LogP contribution in [-0.4, -0.2) is 29.3 Å². The first kappa shape index (κ1) is 18.0. The molecule has 0 aromatic carbocycles. The molecule has 2 rings (SSSR count). The molecule has 0 aliphatic carbocycles. The molecular formula is C14H22IN5S. The van der Waals surface area contributed by atoms with Crippen LogP contribution in [0.1, 0.15) is 24.0 Å². The van der Waals surface area contributed by atoms with E-state index < -0.39 is 0 Å². The number of aromatic nitrogens is 2. The quantitative estimate of drug-likeness (QED) is 0.445. The Morgan fingerprint density at radius 2 is 2.29 bits per heavy atom. The van der Waals surface area contributed by atoms with Gasteiger partial charge in [0.1, 0.15) is 0 Å². The highest BCUT2D eigenvalue weighted by Gasteiger charge is 2.07. The first-order valence-corrected chi connectivity index (χ1v) is 7.57. The molecule has 1 unspecified atom stereocenters. The van der Waals surface area contributed by atoms with E-state index in [0.29, 0.717) is 5.92 Å². The summed E-state index contributed by atoms with van der Waals surface area (Å²) < 4.78 is 1.80. The first-order chi connectivity index (χ1) is 9.69. The van der Waals surface area contributed by atoms with E-state index in [4.69, 9.17) is 0 Å². The third kappa shape index (κ3) is 5.66. The van der Waals surface area contributed by atoms with Crippen molar-refractivity contribution in [2.45, 2.75) is 19.4 Å². The van der Waals surface area contributed by atoms with Crippen LogP contribution < -0.4 is 10.6 Å². The summed E-state index contributed by atoms with van der Waals surface area (Å²) in [6.07, 6.45) is 3.85. The van der Waals surface area contributed by atoms with Crippen LogP contribution in [0.4, 0.5) is 0 Å². The number of aryl methyl sites for hydroxylation is 1.